The summed E-state index contributed by atoms with van der Waals surface area (Å²) in [5.74, 6) is -0.318. The number of aryl methyl sites for hydroxylation is 1. The Bertz CT molecular complexity index is 988. The molecule has 1 fully saturated rings. The number of anilines is 1. The van der Waals surface area contributed by atoms with Crippen molar-refractivity contribution in [2.45, 2.75) is 24.7 Å². The molecule has 0 aromatic heterocycles. The molecule has 27 heavy (non-hydrogen) atoms. The standard InChI is InChI=1S/C20H21N3O3S/c1-15-6-2-4-8-18(15)22-20(24)16-10-12-23(13-11-16)27(25,26)19-9-5-3-7-17(19)14-21/h2-9,16H,10-13H2,1H3,(H,22,24). The first kappa shape index (κ1) is 19.1. The SMILES string of the molecule is Cc1ccccc1NC(=O)C1CCN(S(=O)(=O)c2ccccc2C#N)CC1. The zero-order valence-electron chi connectivity index (χ0n) is 15.1. The van der Waals surface area contributed by atoms with Crippen LogP contribution in [0.5, 0.6) is 0 Å². The molecule has 2 aromatic rings. The van der Waals surface area contributed by atoms with Gasteiger partial charge in [0, 0.05) is 24.7 Å². The normalized spacial score (nSPS) is 15.9. The number of carbonyl (C=O) groups excluding carboxylic acids is 1. The Hall–Kier alpha value is -2.69. The fourth-order valence-electron chi connectivity index (χ4n) is 3.23. The fourth-order valence-corrected chi connectivity index (χ4v) is 4.84. The molecule has 0 aliphatic carbocycles. The third-order valence-corrected chi connectivity index (χ3v) is 6.81. The Morgan fingerprint density at radius 2 is 1.74 bits per heavy atom. The number of hydrogen-bond donors (Lipinski definition) is 1. The van der Waals surface area contributed by atoms with Crippen molar-refractivity contribution >= 4 is 21.6 Å². The van der Waals surface area contributed by atoms with Gasteiger partial charge in [-0.15, -0.1) is 0 Å². The highest BCUT2D eigenvalue weighted by atomic mass is 32.2. The lowest BCUT2D eigenvalue weighted by atomic mass is 9.97. The fraction of sp³-hybridized carbons (Fsp3) is 0.300. The van der Waals surface area contributed by atoms with Gasteiger partial charge < -0.3 is 5.32 Å². The van der Waals surface area contributed by atoms with Crippen molar-refractivity contribution in [3.63, 3.8) is 0 Å². The molecular weight excluding hydrogens is 362 g/mol. The molecular formula is C20H21N3O3S. The van der Waals surface area contributed by atoms with Gasteiger partial charge in [-0.1, -0.05) is 30.3 Å². The molecule has 1 amide bonds. The van der Waals surface area contributed by atoms with Crippen molar-refractivity contribution in [3.8, 4) is 6.07 Å². The van der Waals surface area contributed by atoms with Crippen LogP contribution in [0.1, 0.15) is 24.0 Å². The van der Waals surface area contributed by atoms with Crippen LogP contribution in [0.25, 0.3) is 0 Å². The van der Waals surface area contributed by atoms with Crippen molar-refractivity contribution in [3.05, 3.63) is 59.7 Å². The number of rotatable bonds is 4. The first-order valence-corrected chi connectivity index (χ1v) is 10.2. The predicted octanol–water partition coefficient (Wildman–Crippen LogP) is 2.91. The average Bonchev–Trinajstić information content (AvgIpc) is 2.69. The molecule has 0 unspecified atom stereocenters. The molecule has 0 radical (unpaired) electrons. The number of nitrogens with one attached hydrogen (secondary N) is 1. The number of benzene rings is 2. The molecule has 2 aromatic carbocycles. The van der Waals surface area contributed by atoms with Crippen molar-refractivity contribution < 1.29 is 13.2 Å². The molecule has 7 heteroatoms. The lowest BCUT2D eigenvalue weighted by molar-refractivity contribution is -0.120. The lowest BCUT2D eigenvalue weighted by Gasteiger charge is -2.30. The predicted molar refractivity (Wildman–Crippen MR) is 102 cm³/mol. The van der Waals surface area contributed by atoms with Gasteiger partial charge in [0.1, 0.15) is 6.07 Å². The van der Waals surface area contributed by atoms with Gasteiger partial charge in [0.25, 0.3) is 0 Å². The van der Waals surface area contributed by atoms with Crippen molar-refractivity contribution in [1.29, 1.82) is 5.26 Å². The van der Waals surface area contributed by atoms with E-state index in [1.54, 1.807) is 12.1 Å². The Kier molecular flexibility index (Phi) is 5.59. The quantitative estimate of drug-likeness (QED) is 0.879. The van der Waals surface area contributed by atoms with E-state index in [9.17, 15) is 18.5 Å². The lowest BCUT2D eigenvalue weighted by Crippen LogP contribution is -2.41. The van der Waals surface area contributed by atoms with Crippen LogP contribution in [-0.2, 0) is 14.8 Å². The Morgan fingerprint density at radius 3 is 2.41 bits per heavy atom. The zero-order chi connectivity index (χ0) is 19.4. The molecule has 6 nitrogen and oxygen atoms in total. The number of piperidine rings is 1. The summed E-state index contributed by atoms with van der Waals surface area (Å²) in [5.41, 5.74) is 1.90. The van der Waals surface area contributed by atoms with Crippen LogP contribution in [0.3, 0.4) is 0 Å². The molecule has 1 aliphatic rings. The van der Waals surface area contributed by atoms with E-state index in [1.807, 2.05) is 37.3 Å². The maximum absolute atomic E-state index is 12.9. The number of para-hydroxylation sites is 1. The molecule has 0 saturated carbocycles. The van der Waals surface area contributed by atoms with Crippen LogP contribution in [-0.4, -0.2) is 31.7 Å². The highest BCUT2D eigenvalue weighted by Crippen LogP contribution is 2.26. The van der Waals surface area contributed by atoms with Gasteiger partial charge in [-0.2, -0.15) is 9.57 Å². The second kappa shape index (κ2) is 7.91. The topological polar surface area (TPSA) is 90.3 Å². The molecule has 0 spiro atoms. The van der Waals surface area contributed by atoms with E-state index in [1.165, 1.54) is 16.4 Å². The van der Waals surface area contributed by atoms with E-state index >= 15 is 0 Å². The van der Waals surface area contributed by atoms with Crippen LogP contribution in [0.4, 0.5) is 5.69 Å². The van der Waals surface area contributed by atoms with Crippen LogP contribution in [0.2, 0.25) is 0 Å². The van der Waals surface area contributed by atoms with Crippen molar-refractivity contribution in [1.82, 2.24) is 4.31 Å². The Labute approximate surface area is 159 Å². The van der Waals surface area contributed by atoms with E-state index in [-0.39, 0.29) is 35.4 Å². The molecule has 1 N–H and O–H groups in total. The molecule has 0 bridgehead atoms. The molecule has 140 valence electrons. The van der Waals surface area contributed by atoms with E-state index < -0.39 is 10.0 Å². The maximum Gasteiger partial charge on any atom is 0.244 e. The molecule has 1 aliphatic heterocycles. The van der Waals surface area contributed by atoms with Gasteiger partial charge in [-0.25, -0.2) is 8.42 Å². The third-order valence-electron chi connectivity index (χ3n) is 4.85. The summed E-state index contributed by atoms with van der Waals surface area (Å²) in [4.78, 5) is 12.5. The molecule has 0 atom stereocenters. The number of amides is 1. The summed E-state index contributed by atoms with van der Waals surface area (Å²) in [5, 5.41) is 12.1. The average molecular weight is 383 g/mol. The summed E-state index contributed by atoms with van der Waals surface area (Å²) < 4.78 is 27.1. The molecule has 3 rings (SSSR count). The summed E-state index contributed by atoms with van der Waals surface area (Å²) in [6.07, 6.45) is 0.900. The Balaban J connectivity index is 1.67. The Morgan fingerprint density at radius 1 is 1.11 bits per heavy atom. The van der Waals surface area contributed by atoms with Crippen molar-refractivity contribution in [2.24, 2.45) is 5.92 Å². The van der Waals surface area contributed by atoms with Gasteiger partial charge in [0.2, 0.25) is 15.9 Å². The summed E-state index contributed by atoms with van der Waals surface area (Å²) in [6, 6.07) is 15.7. The second-order valence-electron chi connectivity index (χ2n) is 6.59. The summed E-state index contributed by atoms with van der Waals surface area (Å²) in [7, 11) is -3.74. The minimum atomic E-state index is -3.74. The number of carbonyl (C=O) groups is 1. The number of hydrogen-bond acceptors (Lipinski definition) is 4. The third kappa shape index (κ3) is 4.02. The summed E-state index contributed by atoms with van der Waals surface area (Å²) in [6.45, 7) is 2.44. The van der Waals surface area contributed by atoms with Crippen molar-refractivity contribution in [2.75, 3.05) is 18.4 Å². The minimum Gasteiger partial charge on any atom is -0.326 e. The molecule has 1 saturated heterocycles. The van der Waals surface area contributed by atoms with Gasteiger partial charge in [-0.3, -0.25) is 4.79 Å². The monoisotopic (exact) mass is 383 g/mol. The number of nitrogens with zero attached hydrogens (tertiary/aromatic N) is 2. The first-order valence-electron chi connectivity index (χ1n) is 8.79. The van der Waals surface area contributed by atoms with E-state index in [0.29, 0.717) is 12.8 Å². The van der Waals surface area contributed by atoms with Crippen LogP contribution in [0, 0.1) is 24.2 Å². The van der Waals surface area contributed by atoms with E-state index in [4.69, 9.17) is 0 Å². The highest BCUT2D eigenvalue weighted by molar-refractivity contribution is 7.89. The van der Waals surface area contributed by atoms with Crippen LogP contribution in [0.15, 0.2) is 53.4 Å². The van der Waals surface area contributed by atoms with Gasteiger partial charge in [-0.05, 0) is 43.5 Å². The van der Waals surface area contributed by atoms with Crippen LogP contribution >= 0.6 is 0 Å². The number of sulfonamides is 1. The first-order chi connectivity index (χ1) is 12.9. The number of nitriles is 1. The van der Waals surface area contributed by atoms with Gasteiger partial charge in [0.05, 0.1) is 10.5 Å². The highest BCUT2D eigenvalue weighted by Gasteiger charge is 2.33. The largest absolute Gasteiger partial charge is 0.326 e. The van der Waals surface area contributed by atoms with E-state index in [0.717, 1.165) is 11.3 Å². The zero-order valence-corrected chi connectivity index (χ0v) is 15.9. The second-order valence-corrected chi connectivity index (χ2v) is 8.50. The van der Waals surface area contributed by atoms with Gasteiger partial charge in [0.15, 0.2) is 0 Å². The minimum absolute atomic E-state index is 0.0234. The smallest absolute Gasteiger partial charge is 0.244 e. The summed E-state index contributed by atoms with van der Waals surface area (Å²) >= 11 is 0. The van der Waals surface area contributed by atoms with Crippen LogP contribution < -0.4 is 5.32 Å². The van der Waals surface area contributed by atoms with E-state index in [2.05, 4.69) is 5.32 Å². The maximum atomic E-state index is 12.9. The van der Waals surface area contributed by atoms with Gasteiger partial charge >= 0.3 is 0 Å². The molecule has 1 heterocycles.